The molecule has 3 unspecified atom stereocenters. The third-order valence-corrected chi connectivity index (χ3v) is 9.83. The van der Waals surface area contributed by atoms with E-state index in [1.807, 2.05) is 0 Å². The summed E-state index contributed by atoms with van der Waals surface area (Å²) >= 11 is 0. The Kier molecular flexibility index (Phi) is 6.34. The average molecular weight is 367 g/mol. The zero-order chi connectivity index (χ0) is 17.9. The molecule has 0 amide bonds. The molecule has 1 heterocycles. The van der Waals surface area contributed by atoms with Gasteiger partial charge in [0.1, 0.15) is 0 Å². The molecule has 1 aliphatic heterocycles. The van der Waals surface area contributed by atoms with E-state index in [2.05, 4.69) is 19.9 Å². The summed E-state index contributed by atoms with van der Waals surface area (Å²) in [7, 11) is -2.99. The minimum atomic E-state index is -2.99. The highest BCUT2D eigenvalue weighted by Gasteiger charge is 2.46. The molecule has 2 nitrogen and oxygen atoms in total. The molecule has 0 spiro atoms. The molecular weight excluding hydrogens is 328 g/mol. The summed E-state index contributed by atoms with van der Waals surface area (Å²) in [5.41, 5.74) is 1.49. The number of sulfone groups is 1. The van der Waals surface area contributed by atoms with E-state index in [0.717, 1.165) is 44.9 Å². The Hall–Kier alpha value is -0.310. The van der Waals surface area contributed by atoms with Gasteiger partial charge in [-0.3, -0.25) is 0 Å². The van der Waals surface area contributed by atoms with Gasteiger partial charge in [-0.05, 0) is 50.4 Å². The zero-order valence-corrected chi connectivity index (χ0v) is 17.3. The van der Waals surface area contributed by atoms with Gasteiger partial charge >= 0.3 is 0 Å². The molecule has 0 radical (unpaired) electrons. The predicted octanol–water partition coefficient (Wildman–Crippen LogP) is 6.07. The molecule has 3 aliphatic rings. The lowest BCUT2D eigenvalue weighted by molar-refractivity contribution is 0.319. The molecule has 0 aromatic carbocycles. The topological polar surface area (TPSA) is 34.1 Å². The van der Waals surface area contributed by atoms with Crippen LogP contribution in [0.2, 0.25) is 0 Å². The van der Waals surface area contributed by atoms with E-state index in [1.54, 1.807) is 5.57 Å². The van der Waals surface area contributed by atoms with Gasteiger partial charge in [0.2, 0.25) is 0 Å². The van der Waals surface area contributed by atoms with Crippen molar-refractivity contribution in [1.29, 1.82) is 0 Å². The first-order chi connectivity index (χ1) is 12.0. The number of hydrogen-bond acceptors (Lipinski definition) is 2. The Morgan fingerprint density at radius 2 is 1.68 bits per heavy atom. The molecule has 25 heavy (non-hydrogen) atoms. The average Bonchev–Trinajstić information content (AvgIpc) is 2.74. The van der Waals surface area contributed by atoms with Crippen molar-refractivity contribution in [3.05, 3.63) is 11.6 Å². The molecule has 3 heteroatoms. The zero-order valence-electron chi connectivity index (χ0n) is 16.4. The maximum atomic E-state index is 13.4. The maximum absolute atomic E-state index is 13.4. The van der Waals surface area contributed by atoms with Crippen molar-refractivity contribution in [2.75, 3.05) is 5.75 Å². The number of rotatable bonds is 5. The van der Waals surface area contributed by atoms with Crippen molar-refractivity contribution in [2.24, 2.45) is 17.3 Å². The van der Waals surface area contributed by atoms with Crippen LogP contribution in [0.25, 0.3) is 0 Å². The first-order valence-corrected chi connectivity index (χ1v) is 12.7. The summed E-state index contributed by atoms with van der Waals surface area (Å²) in [5.74, 6) is 1.41. The van der Waals surface area contributed by atoms with E-state index >= 15 is 0 Å². The third kappa shape index (κ3) is 4.17. The fourth-order valence-electron chi connectivity index (χ4n) is 5.83. The highest BCUT2D eigenvalue weighted by Crippen LogP contribution is 2.49. The number of allylic oxidation sites excluding steroid dienone is 2. The van der Waals surface area contributed by atoms with Crippen LogP contribution in [0.3, 0.4) is 0 Å². The maximum Gasteiger partial charge on any atom is 0.154 e. The van der Waals surface area contributed by atoms with Crippen LogP contribution in [0, 0.1) is 17.3 Å². The first kappa shape index (κ1) is 19.5. The molecule has 0 bridgehead atoms. The van der Waals surface area contributed by atoms with Crippen molar-refractivity contribution in [3.63, 3.8) is 0 Å². The van der Waals surface area contributed by atoms with Crippen LogP contribution >= 0.6 is 0 Å². The van der Waals surface area contributed by atoms with Gasteiger partial charge in [-0.25, -0.2) is 8.42 Å². The van der Waals surface area contributed by atoms with Crippen LogP contribution < -0.4 is 0 Å². The van der Waals surface area contributed by atoms with Crippen LogP contribution in [-0.2, 0) is 9.84 Å². The molecular formula is C22H38O2S. The molecule has 2 aliphatic carbocycles. The van der Waals surface area contributed by atoms with Gasteiger partial charge in [0.15, 0.2) is 9.84 Å². The lowest BCUT2D eigenvalue weighted by Gasteiger charge is -2.36. The normalized spacial score (nSPS) is 36.3. The minimum absolute atomic E-state index is 0.0792. The molecule has 0 aromatic heterocycles. The van der Waals surface area contributed by atoms with Crippen molar-refractivity contribution < 1.29 is 8.42 Å². The fourth-order valence-corrected chi connectivity index (χ4v) is 8.60. The van der Waals surface area contributed by atoms with Crippen LogP contribution in [0.5, 0.6) is 0 Å². The quantitative estimate of drug-likeness (QED) is 0.554. The van der Waals surface area contributed by atoms with E-state index in [1.165, 1.54) is 38.5 Å². The smallest absolute Gasteiger partial charge is 0.154 e. The van der Waals surface area contributed by atoms with Crippen LogP contribution in [0.15, 0.2) is 11.6 Å². The summed E-state index contributed by atoms with van der Waals surface area (Å²) in [5, 5.41) is -0.0792. The highest BCUT2D eigenvalue weighted by atomic mass is 32.2. The largest absolute Gasteiger partial charge is 0.228 e. The lowest BCUT2D eigenvalue weighted by atomic mass is 9.70. The Bertz CT molecular complexity index is 571. The van der Waals surface area contributed by atoms with Gasteiger partial charge < -0.3 is 0 Å². The summed E-state index contributed by atoms with van der Waals surface area (Å²) in [6.07, 6.45) is 17.8. The van der Waals surface area contributed by atoms with Crippen LogP contribution in [0.4, 0.5) is 0 Å². The van der Waals surface area contributed by atoms with E-state index in [4.69, 9.17) is 0 Å². The SMILES string of the molecule is CCCCC1(CC)C=C(C2CCCCC2)C2CCCCC2S(=O)(=O)C1. The second-order valence-electron chi connectivity index (χ2n) is 9.04. The summed E-state index contributed by atoms with van der Waals surface area (Å²) < 4.78 is 26.7. The van der Waals surface area contributed by atoms with E-state index in [-0.39, 0.29) is 10.7 Å². The van der Waals surface area contributed by atoms with Gasteiger partial charge in [0.05, 0.1) is 11.0 Å². The number of fused-ring (bicyclic) bond motifs is 1. The second-order valence-corrected chi connectivity index (χ2v) is 11.3. The molecule has 3 atom stereocenters. The van der Waals surface area contributed by atoms with Crippen LogP contribution in [-0.4, -0.2) is 19.4 Å². The summed E-state index contributed by atoms with van der Waals surface area (Å²) in [6.45, 7) is 4.44. The Morgan fingerprint density at radius 3 is 2.36 bits per heavy atom. The van der Waals surface area contributed by atoms with Gasteiger partial charge in [-0.2, -0.15) is 0 Å². The van der Waals surface area contributed by atoms with E-state index < -0.39 is 9.84 Å². The van der Waals surface area contributed by atoms with Crippen molar-refractivity contribution in [1.82, 2.24) is 0 Å². The molecule has 144 valence electrons. The highest BCUT2D eigenvalue weighted by molar-refractivity contribution is 7.92. The van der Waals surface area contributed by atoms with Crippen molar-refractivity contribution in [3.8, 4) is 0 Å². The van der Waals surface area contributed by atoms with Crippen LogP contribution in [0.1, 0.15) is 97.3 Å². The second kappa shape index (κ2) is 8.15. The minimum Gasteiger partial charge on any atom is -0.228 e. The Morgan fingerprint density at radius 1 is 1.00 bits per heavy atom. The Balaban J connectivity index is 2.03. The van der Waals surface area contributed by atoms with Crippen molar-refractivity contribution >= 4 is 9.84 Å². The van der Waals surface area contributed by atoms with Crippen molar-refractivity contribution in [2.45, 2.75) is 103 Å². The summed E-state index contributed by atoms with van der Waals surface area (Å²) in [4.78, 5) is 0. The molecule has 0 saturated heterocycles. The Labute approximate surface area is 155 Å². The number of hydrogen-bond donors (Lipinski definition) is 0. The van der Waals surface area contributed by atoms with Gasteiger partial charge in [0, 0.05) is 5.41 Å². The van der Waals surface area contributed by atoms with Gasteiger partial charge in [-0.1, -0.05) is 70.4 Å². The fraction of sp³-hybridized carbons (Fsp3) is 0.909. The number of unbranched alkanes of at least 4 members (excludes halogenated alkanes) is 1. The third-order valence-electron chi connectivity index (χ3n) is 7.36. The van der Waals surface area contributed by atoms with E-state index in [9.17, 15) is 8.42 Å². The standard InChI is InChI=1S/C22H38O2S/c1-3-5-15-22(4-2)16-20(18-11-7-6-8-12-18)19-13-9-10-14-21(19)25(23,24)17-22/h16,18-19,21H,3-15,17H2,1-2H3. The molecule has 3 rings (SSSR count). The first-order valence-electron chi connectivity index (χ1n) is 11.0. The molecule has 2 saturated carbocycles. The molecule has 0 N–H and O–H groups in total. The van der Waals surface area contributed by atoms with E-state index in [0.29, 0.717) is 17.6 Å². The predicted molar refractivity (Wildman–Crippen MR) is 106 cm³/mol. The molecule has 2 fully saturated rings. The molecule has 0 aromatic rings. The lowest BCUT2D eigenvalue weighted by Crippen LogP contribution is -2.37. The summed E-state index contributed by atoms with van der Waals surface area (Å²) in [6, 6.07) is 0. The van der Waals surface area contributed by atoms with Gasteiger partial charge in [0.25, 0.3) is 0 Å². The monoisotopic (exact) mass is 366 g/mol. The van der Waals surface area contributed by atoms with Gasteiger partial charge in [-0.15, -0.1) is 0 Å².